The van der Waals surface area contributed by atoms with Crippen LogP contribution in [0.3, 0.4) is 0 Å². The fourth-order valence-corrected chi connectivity index (χ4v) is 5.03. The van der Waals surface area contributed by atoms with Crippen LogP contribution in [-0.4, -0.2) is 0 Å². The predicted octanol–water partition coefficient (Wildman–Crippen LogP) is 9.99. The van der Waals surface area contributed by atoms with E-state index in [1.54, 1.807) is 38.5 Å². The molecule has 2 bridgehead atoms. The Morgan fingerprint density at radius 1 is 0.607 bits per heavy atom. The smallest absolute Gasteiger partial charge is 0.0307 e. The Labute approximate surface area is 180 Å². The highest BCUT2D eigenvalue weighted by molar-refractivity contribution is 5.22. The minimum absolute atomic E-state index is 0. The highest BCUT2D eigenvalue weighted by Gasteiger charge is 2.48. The van der Waals surface area contributed by atoms with E-state index in [0.29, 0.717) is 0 Å². The molecule has 0 heterocycles. The Morgan fingerprint density at radius 2 is 0.929 bits per heavy atom. The summed E-state index contributed by atoms with van der Waals surface area (Å²) in [5.74, 6) is 4.80. The Bertz CT molecular complexity index is 377. The van der Waals surface area contributed by atoms with Crippen molar-refractivity contribution >= 4 is 0 Å². The van der Waals surface area contributed by atoms with Crippen LogP contribution in [0.15, 0.2) is 24.3 Å². The van der Waals surface area contributed by atoms with E-state index in [2.05, 4.69) is 38.1 Å². The lowest BCUT2D eigenvalue weighted by atomic mass is 9.82. The van der Waals surface area contributed by atoms with Gasteiger partial charge in [-0.05, 0) is 79.7 Å². The highest BCUT2D eigenvalue weighted by atomic mass is 14.5. The molecule has 4 atom stereocenters. The summed E-state index contributed by atoms with van der Waals surface area (Å²) in [7, 11) is 0. The van der Waals surface area contributed by atoms with Gasteiger partial charge in [-0.3, -0.25) is 0 Å². The predicted molar refractivity (Wildman–Crippen MR) is 134 cm³/mol. The van der Waals surface area contributed by atoms with Crippen LogP contribution in [0.1, 0.15) is 120 Å². The summed E-state index contributed by atoms with van der Waals surface area (Å²) >= 11 is 0. The third-order valence-corrected chi connectivity index (χ3v) is 6.19. The second-order valence-electron chi connectivity index (χ2n) is 7.12. The first kappa shape index (κ1) is 31.9. The van der Waals surface area contributed by atoms with Gasteiger partial charge in [-0.1, -0.05) is 101 Å². The van der Waals surface area contributed by atoms with Gasteiger partial charge in [0.25, 0.3) is 0 Å². The van der Waals surface area contributed by atoms with Crippen molar-refractivity contribution in [2.75, 3.05) is 0 Å². The van der Waals surface area contributed by atoms with Gasteiger partial charge in [0.1, 0.15) is 0 Å². The number of fused-ring (bicyclic) bond motifs is 5. The molecule has 0 radical (unpaired) electrons. The van der Waals surface area contributed by atoms with Crippen LogP contribution < -0.4 is 0 Å². The third-order valence-electron chi connectivity index (χ3n) is 6.19. The summed E-state index contributed by atoms with van der Waals surface area (Å²) in [6.45, 7) is 16.4. The fraction of sp³-hybridized carbons (Fsp3) is 0.786. The lowest BCUT2D eigenvalue weighted by Gasteiger charge is -2.23. The average Bonchev–Trinajstić information content (AvgIpc) is 3.48. The first-order valence-electron chi connectivity index (χ1n) is 11.9. The molecule has 4 unspecified atom stereocenters. The van der Waals surface area contributed by atoms with Crippen molar-refractivity contribution in [1.29, 1.82) is 0 Å². The van der Waals surface area contributed by atoms with E-state index >= 15 is 0 Å². The SMILES string of the molecule is C.C.C1CC2C3CCC(C3)C2C1.CC.CC.CC.CCc1ccc(CC)cc1. The van der Waals surface area contributed by atoms with Crippen LogP contribution in [-0.2, 0) is 12.8 Å². The monoisotopic (exact) mass is 392 g/mol. The maximum Gasteiger partial charge on any atom is -0.0307 e. The number of rotatable bonds is 2. The minimum Gasteiger partial charge on any atom is -0.0776 e. The van der Waals surface area contributed by atoms with Gasteiger partial charge in [-0.15, -0.1) is 0 Å². The van der Waals surface area contributed by atoms with Crippen molar-refractivity contribution in [2.24, 2.45) is 23.7 Å². The molecule has 28 heavy (non-hydrogen) atoms. The molecule has 0 spiro atoms. The van der Waals surface area contributed by atoms with Crippen molar-refractivity contribution in [3.63, 3.8) is 0 Å². The molecular weight excluding hydrogens is 336 g/mol. The van der Waals surface area contributed by atoms with E-state index in [9.17, 15) is 0 Å². The first-order chi connectivity index (χ1) is 12.8. The Balaban J connectivity index is -0.000000334. The van der Waals surface area contributed by atoms with E-state index in [1.165, 1.54) is 34.8 Å². The molecule has 3 aliphatic carbocycles. The zero-order chi connectivity index (χ0) is 19.9. The van der Waals surface area contributed by atoms with Gasteiger partial charge in [0.2, 0.25) is 0 Å². The Morgan fingerprint density at radius 3 is 1.21 bits per heavy atom. The van der Waals surface area contributed by atoms with Gasteiger partial charge in [-0.2, -0.15) is 0 Å². The molecule has 3 fully saturated rings. The molecule has 0 heteroatoms. The van der Waals surface area contributed by atoms with Gasteiger partial charge in [0, 0.05) is 0 Å². The molecule has 168 valence electrons. The van der Waals surface area contributed by atoms with Crippen LogP contribution in [0.4, 0.5) is 0 Å². The van der Waals surface area contributed by atoms with Gasteiger partial charge in [0.05, 0.1) is 0 Å². The van der Waals surface area contributed by atoms with Gasteiger partial charge >= 0.3 is 0 Å². The van der Waals surface area contributed by atoms with Crippen LogP contribution in [0, 0.1) is 23.7 Å². The highest BCUT2D eigenvalue weighted by Crippen LogP contribution is 2.58. The number of hydrogen-bond donors (Lipinski definition) is 0. The molecule has 0 aliphatic heterocycles. The molecule has 3 saturated carbocycles. The molecule has 3 aliphatic rings. The number of hydrogen-bond acceptors (Lipinski definition) is 0. The summed E-state index contributed by atoms with van der Waals surface area (Å²) in [6.07, 6.45) is 11.8. The molecule has 0 aromatic heterocycles. The molecule has 1 aromatic carbocycles. The van der Waals surface area contributed by atoms with Gasteiger partial charge in [0.15, 0.2) is 0 Å². The maximum absolute atomic E-state index is 2.21. The summed E-state index contributed by atoms with van der Waals surface area (Å²) in [5.41, 5.74) is 2.86. The average molecular weight is 393 g/mol. The fourth-order valence-electron chi connectivity index (χ4n) is 5.03. The zero-order valence-corrected chi connectivity index (χ0v) is 19.3. The summed E-state index contributed by atoms with van der Waals surface area (Å²) in [6, 6.07) is 8.83. The molecule has 0 saturated heterocycles. The van der Waals surface area contributed by atoms with Crippen LogP contribution in [0.2, 0.25) is 0 Å². The quantitative estimate of drug-likeness (QED) is 0.469. The number of aryl methyl sites for hydroxylation is 2. The van der Waals surface area contributed by atoms with Crippen molar-refractivity contribution in [2.45, 2.75) is 122 Å². The standard InChI is InChI=1S/C10H16.C10H14.3C2H6.2CH4/c1-2-9-7-4-5-8(6-7)10(9)3-1;1-3-9-5-7-10(4-2)8-6-9;3*1-2;;/h7-10H,1-6H2;5-8H,3-4H2,1-2H3;3*1-2H3;2*1H4. The van der Waals surface area contributed by atoms with Crippen molar-refractivity contribution < 1.29 is 0 Å². The minimum atomic E-state index is 0. The van der Waals surface area contributed by atoms with Crippen LogP contribution in [0.5, 0.6) is 0 Å². The Kier molecular flexibility index (Phi) is 22.3. The van der Waals surface area contributed by atoms with Crippen molar-refractivity contribution in [1.82, 2.24) is 0 Å². The summed E-state index contributed by atoms with van der Waals surface area (Å²) in [5, 5.41) is 0. The molecule has 0 amide bonds. The lowest BCUT2D eigenvalue weighted by molar-refractivity contribution is 0.259. The second-order valence-corrected chi connectivity index (χ2v) is 7.12. The summed E-state index contributed by atoms with van der Waals surface area (Å²) < 4.78 is 0. The normalized spacial score (nSPS) is 24.7. The largest absolute Gasteiger partial charge is 0.0776 e. The van der Waals surface area contributed by atoms with E-state index in [4.69, 9.17) is 0 Å². The first-order valence-corrected chi connectivity index (χ1v) is 11.9. The molecular formula is C28H56. The van der Waals surface area contributed by atoms with E-state index in [-0.39, 0.29) is 14.9 Å². The van der Waals surface area contributed by atoms with Crippen LogP contribution in [0.25, 0.3) is 0 Å². The van der Waals surface area contributed by atoms with E-state index in [1.807, 2.05) is 41.5 Å². The van der Waals surface area contributed by atoms with Crippen LogP contribution >= 0.6 is 0 Å². The van der Waals surface area contributed by atoms with E-state index in [0.717, 1.165) is 12.8 Å². The molecule has 0 N–H and O–H groups in total. The molecule has 1 aromatic rings. The lowest BCUT2D eigenvalue weighted by Crippen LogP contribution is -2.15. The van der Waals surface area contributed by atoms with Gasteiger partial charge < -0.3 is 0 Å². The van der Waals surface area contributed by atoms with Crippen molar-refractivity contribution in [3.05, 3.63) is 35.4 Å². The zero-order valence-electron chi connectivity index (χ0n) is 19.3. The third kappa shape index (κ3) is 9.15. The van der Waals surface area contributed by atoms with Crippen molar-refractivity contribution in [3.8, 4) is 0 Å². The Hall–Kier alpha value is -0.780. The van der Waals surface area contributed by atoms with E-state index < -0.39 is 0 Å². The molecule has 4 rings (SSSR count). The van der Waals surface area contributed by atoms with Gasteiger partial charge in [-0.25, -0.2) is 0 Å². The number of benzene rings is 1. The summed E-state index contributed by atoms with van der Waals surface area (Å²) in [4.78, 5) is 0. The second kappa shape index (κ2) is 19.5. The molecule has 0 nitrogen and oxygen atoms in total. The topological polar surface area (TPSA) is 0 Å². The maximum atomic E-state index is 2.21.